The summed E-state index contributed by atoms with van der Waals surface area (Å²) in [5.74, 6) is -0.850. The summed E-state index contributed by atoms with van der Waals surface area (Å²) in [6, 6.07) is 6.60. The van der Waals surface area contributed by atoms with Gasteiger partial charge >= 0.3 is 5.97 Å². The van der Waals surface area contributed by atoms with Crippen LogP contribution in [0.5, 0.6) is 0 Å². The molecule has 1 saturated carbocycles. The zero-order chi connectivity index (χ0) is 16.0. The molecule has 1 aromatic rings. The fourth-order valence-corrected chi connectivity index (χ4v) is 6.07. The van der Waals surface area contributed by atoms with E-state index in [2.05, 4.69) is 0 Å². The number of aryl methyl sites for hydroxylation is 1. The number of sulfonamides is 1. The topological polar surface area (TPSA) is 74.7 Å². The fraction of sp³-hybridized carbons (Fsp3) is 0.562. The number of nitrogens with zero attached hydrogens (tertiary/aromatic N) is 1. The van der Waals surface area contributed by atoms with Gasteiger partial charge in [-0.15, -0.1) is 0 Å². The van der Waals surface area contributed by atoms with Crippen LogP contribution in [0.15, 0.2) is 29.2 Å². The summed E-state index contributed by atoms with van der Waals surface area (Å²) < 4.78 is 27.6. The predicted octanol–water partition coefficient (Wildman–Crippen LogP) is 2.27. The lowest BCUT2D eigenvalue weighted by molar-refractivity contribution is -0.149. The van der Waals surface area contributed by atoms with Gasteiger partial charge in [-0.05, 0) is 37.3 Å². The van der Waals surface area contributed by atoms with Crippen molar-refractivity contribution >= 4 is 16.0 Å². The first-order chi connectivity index (χ1) is 10.4. The molecule has 1 aliphatic carbocycles. The second-order valence-corrected chi connectivity index (χ2v) is 8.06. The molecule has 0 amide bonds. The minimum Gasteiger partial charge on any atom is -0.481 e. The van der Waals surface area contributed by atoms with Crippen LogP contribution in [-0.2, 0) is 21.2 Å². The molecule has 22 heavy (non-hydrogen) atoms. The van der Waals surface area contributed by atoms with Crippen LogP contribution < -0.4 is 0 Å². The first kappa shape index (κ1) is 15.5. The van der Waals surface area contributed by atoms with Gasteiger partial charge in [-0.3, -0.25) is 4.79 Å². The van der Waals surface area contributed by atoms with E-state index in [-0.39, 0.29) is 0 Å². The summed E-state index contributed by atoms with van der Waals surface area (Å²) in [4.78, 5) is 12.0. The average molecular weight is 323 g/mol. The Morgan fingerprint density at radius 3 is 2.77 bits per heavy atom. The SMILES string of the molecule is CCc1ccccc1S(=O)(=O)N1CC[C@]2(C(=O)O)CCC[C@H]12. The predicted molar refractivity (Wildman–Crippen MR) is 82.0 cm³/mol. The molecule has 6 heteroatoms. The van der Waals surface area contributed by atoms with E-state index in [1.165, 1.54) is 4.31 Å². The third kappa shape index (κ3) is 2.08. The van der Waals surface area contributed by atoms with Crippen molar-refractivity contribution in [3.63, 3.8) is 0 Å². The van der Waals surface area contributed by atoms with E-state index in [0.29, 0.717) is 37.1 Å². The van der Waals surface area contributed by atoms with E-state index >= 15 is 0 Å². The number of rotatable bonds is 4. The summed E-state index contributed by atoms with van der Waals surface area (Å²) >= 11 is 0. The van der Waals surface area contributed by atoms with E-state index in [1.54, 1.807) is 12.1 Å². The molecule has 2 aliphatic rings. The van der Waals surface area contributed by atoms with E-state index in [0.717, 1.165) is 12.0 Å². The Hall–Kier alpha value is -1.40. The largest absolute Gasteiger partial charge is 0.481 e. The molecule has 0 bridgehead atoms. The molecule has 120 valence electrons. The smallest absolute Gasteiger partial charge is 0.311 e. The second-order valence-electron chi connectivity index (χ2n) is 6.20. The number of hydrogen-bond acceptors (Lipinski definition) is 3. The van der Waals surface area contributed by atoms with Crippen LogP contribution >= 0.6 is 0 Å². The molecule has 0 spiro atoms. The molecule has 1 heterocycles. The maximum atomic E-state index is 13.1. The van der Waals surface area contributed by atoms with Gasteiger partial charge in [-0.1, -0.05) is 31.5 Å². The van der Waals surface area contributed by atoms with Crippen molar-refractivity contribution in [3.05, 3.63) is 29.8 Å². The standard InChI is InChI=1S/C16H21NO4S/c1-2-12-6-3-4-7-13(12)22(20,21)17-11-10-16(15(18)19)9-5-8-14(16)17/h3-4,6-7,14H,2,5,8-11H2,1H3,(H,18,19)/t14-,16+/m0/s1. The van der Waals surface area contributed by atoms with Gasteiger partial charge in [0.05, 0.1) is 10.3 Å². The number of benzene rings is 1. The van der Waals surface area contributed by atoms with E-state index in [9.17, 15) is 18.3 Å². The molecule has 3 rings (SSSR count). The van der Waals surface area contributed by atoms with Crippen molar-refractivity contribution < 1.29 is 18.3 Å². The summed E-state index contributed by atoms with van der Waals surface area (Å²) in [6.45, 7) is 2.23. The van der Waals surface area contributed by atoms with Gasteiger partial charge in [0.1, 0.15) is 0 Å². The van der Waals surface area contributed by atoms with Crippen molar-refractivity contribution in [2.45, 2.75) is 50.0 Å². The van der Waals surface area contributed by atoms with Crippen LogP contribution in [0.25, 0.3) is 0 Å². The Kier molecular flexibility index (Phi) is 3.77. The summed E-state index contributed by atoms with van der Waals surface area (Å²) in [5, 5.41) is 9.61. The minimum atomic E-state index is -3.64. The number of carboxylic acid groups (broad SMARTS) is 1. The van der Waals surface area contributed by atoms with E-state index in [4.69, 9.17) is 0 Å². The zero-order valence-corrected chi connectivity index (χ0v) is 13.5. The van der Waals surface area contributed by atoms with Crippen LogP contribution in [0.4, 0.5) is 0 Å². The molecule has 1 aromatic carbocycles. The number of hydrogen-bond donors (Lipinski definition) is 1. The number of fused-ring (bicyclic) bond motifs is 1. The summed E-state index contributed by atoms with van der Waals surface area (Å²) in [5.41, 5.74) is -0.0952. The van der Waals surface area contributed by atoms with Crippen molar-refractivity contribution in [1.82, 2.24) is 4.31 Å². The first-order valence-corrected chi connectivity index (χ1v) is 9.20. The lowest BCUT2D eigenvalue weighted by Crippen LogP contribution is -2.43. The third-order valence-corrected chi connectivity index (χ3v) is 7.24. The van der Waals surface area contributed by atoms with Gasteiger partial charge in [-0.25, -0.2) is 8.42 Å². The van der Waals surface area contributed by atoms with E-state index < -0.39 is 27.4 Å². The van der Waals surface area contributed by atoms with Crippen LogP contribution in [0, 0.1) is 5.41 Å². The Morgan fingerprint density at radius 2 is 2.09 bits per heavy atom. The van der Waals surface area contributed by atoms with Gasteiger partial charge in [0.2, 0.25) is 10.0 Å². The molecule has 1 N–H and O–H groups in total. The van der Waals surface area contributed by atoms with Crippen LogP contribution in [-0.4, -0.2) is 36.4 Å². The molecule has 0 aromatic heterocycles. The second kappa shape index (κ2) is 5.35. The lowest BCUT2D eigenvalue weighted by Gasteiger charge is -2.28. The lowest BCUT2D eigenvalue weighted by atomic mass is 9.83. The molecule has 1 aliphatic heterocycles. The van der Waals surface area contributed by atoms with Gasteiger partial charge in [-0.2, -0.15) is 4.31 Å². The van der Waals surface area contributed by atoms with Gasteiger partial charge in [0.15, 0.2) is 0 Å². The number of aliphatic carboxylic acids is 1. The quantitative estimate of drug-likeness (QED) is 0.922. The number of carboxylic acids is 1. The highest BCUT2D eigenvalue weighted by Crippen LogP contribution is 2.50. The number of carbonyl (C=O) groups is 1. The molecule has 1 saturated heterocycles. The normalized spacial score (nSPS) is 28.7. The summed E-state index contributed by atoms with van der Waals surface area (Å²) in [6.07, 6.45) is 3.05. The average Bonchev–Trinajstić information content (AvgIpc) is 3.06. The Labute approximate surface area is 131 Å². The van der Waals surface area contributed by atoms with Crippen LogP contribution in [0.1, 0.15) is 38.2 Å². The molecule has 5 nitrogen and oxygen atoms in total. The Morgan fingerprint density at radius 1 is 1.36 bits per heavy atom. The molecule has 2 atom stereocenters. The molecule has 0 unspecified atom stereocenters. The highest BCUT2D eigenvalue weighted by Gasteiger charge is 2.58. The first-order valence-electron chi connectivity index (χ1n) is 7.76. The van der Waals surface area contributed by atoms with Crippen molar-refractivity contribution in [2.75, 3.05) is 6.54 Å². The molecular weight excluding hydrogens is 302 g/mol. The van der Waals surface area contributed by atoms with Crippen LogP contribution in [0.2, 0.25) is 0 Å². The Balaban J connectivity index is 2.03. The fourth-order valence-electron chi connectivity index (χ4n) is 4.05. The molecule has 2 fully saturated rings. The van der Waals surface area contributed by atoms with Crippen molar-refractivity contribution in [3.8, 4) is 0 Å². The van der Waals surface area contributed by atoms with E-state index in [1.807, 2.05) is 19.1 Å². The van der Waals surface area contributed by atoms with Gasteiger partial charge < -0.3 is 5.11 Å². The molecular formula is C16H21NO4S. The monoisotopic (exact) mass is 323 g/mol. The highest BCUT2D eigenvalue weighted by molar-refractivity contribution is 7.89. The maximum Gasteiger partial charge on any atom is 0.311 e. The van der Waals surface area contributed by atoms with Crippen LogP contribution in [0.3, 0.4) is 0 Å². The zero-order valence-electron chi connectivity index (χ0n) is 12.7. The highest BCUT2D eigenvalue weighted by atomic mass is 32.2. The Bertz CT molecular complexity index is 700. The molecule has 0 radical (unpaired) electrons. The van der Waals surface area contributed by atoms with Crippen molar-refractivity contribution in [2.24, 2.45) is 5.41 Å². The van der Waals surface area contributed by atoms with Gasteiger partial charge in [0.25, 0.3) is 0 Å². The maximum absolute atomic E-state index is 13.1. The van der Waals surface area contributed by atoms with Gasteiger partial charge in [0, 0.05) is 12.6 Å². The third-order valence-electron chi connectivity index (χ3n) is 5.23. The minimum absolute atomic E-state index is 0.303. The van der Waals surface area contributed by atoms with Crippen molar-refractivity contribution in [1.29, 1.82) is 0 Å². The summed E-state index contributed by atoms with van der Waals surface area (Å²) in [7, 11) is -3.64.